The molecule has 0 aromatic carbocycles. The highest BCUT2D eigenvalue weighted by Gasteiger charge is 2.23. The summed E-state index contributed by atoms with van der Waals surface area (Å²) in [7, 11) is 0. The van der Waals surface area contributed by atoms with E-state index in [0.29, 0.717) is 11.8 Å². The van der Waals surface area contributed by atoms with Crippen LogP contribution in [0.5, 0.6) is 0 Å². The van der Waals surface area contributed by atoms with E-state index in [-0.39, 0.29) is 5.41 Å². The van der Waals surface area contributed by atoms with Gasteiger partial charge in [-0.05, 0) is 11.3 Å². The second kappa shape index (κ2) is 4.30. The molecular formula is C10H18ClN3. The standard InChI is InChI=1S/C10H18ClN3/c1-8(2)10(3,4)6-14-7-12-13-9(14)5-11/h7-8H,5-6H2,1-4H3. The van der Waals surface area contributed by atoms with Crippen LogP contribution in [0.25, 0.3) is 0 Å². The summed E-state index contributed by atoms with van der Waals surface area (Å²) in [6.07, 6.45) is 1.75. The van der Waals surface area contributed by atoms with Crippen molar-refractivity contribution in [3.8, 4) is 0 Å². The Labute approximate surface area is 90.5 Å². The third kappa shape index (κ3) is 2.47. The van der Waals surface area contributed by atoms with Gasteiger partial charge in [-0.25, -0.2) is 0 Å². The smallest absolute Gasteiger partial charge is 0.147 e. The lowest BCUT2D eigenvalue weighted by atomic mass is 9.81. The first-order valence-corrected chi connectivity index (χ1v) is 5.43. The predicted octanol–water partition coefficient (Wildman–Crippen LogP) is 2.70. The highest BCUT2D eigenvalue weighted by Crippen LogP contribution is 2.28. The van der Waals surface area contributed by atoms with Crippen LogP contribution in [0.15, 0.2) is 6.33 Å². The van der Waals surface area contributed by atoms with Crippen LogP contribution in [0.4, 0.5) is 0 Å². The van der Waals surface area contributed by atoms with Gasteiger partial charge in [0, 0.05) is 6.54 Å². The topological polar surface area (TPSA) is 30.7 Å². The van der Waals surface area contributed by atoms with E-state index in [0.717, 1.165) is 12.4 Å². The Morgan fingerprint density at radius 2 is 2.14 bits per heavy atom. The molecule has 0 spiro atoms. The summed E-state index contributed by atoms with van der Waals surface area (Å²) >= 11 is 5.76. The molecular weight excluding hydrogens is 198 g/mol. The van der Waals surface area contributed by atoms with Gasteiger partial charge >= 0.3 is 0 Å². The maximum atomic E-state index is 5.76. The highest BCUT2D eigenvalue weighted by atomic mass is 35.5. The van der Waals surface area contributed by atoms with Crippen molar-refractivity contribution in [2.75, 3.05) is 0 Å². The van der Waals surface area contributed by atoms with Crippen molar-refractivity contribution in [1.29, 1.82) is 0 Å². The molecule has 0 atom stereocenters. The second-order valence-electron chi connectivity index (χ2n) is 4.65. The third-order valence-electron chi connectivity index (χ3n) is 2.96. The molecule has 0 N–H and O–H groups in total. The first-order chi connectivity index (χ1) is 6.47. The summed E-state index contributed by atoms with van der Waals surface area (Å²) < 4.78 is 2.03. The molecule has 1 aromatic rings. The normalized spacial score (nSPS) is 12.4. The van der Waals surface area contributed by atoms with Gasteiger partial charge < -0.3 is 4.57 Å². The quantitative estimate of drug-likeness (QED) is 0.724. The minimum Gasteiger partial charge on any atom is -0.316 e. The zero-order chi connectivity index (χ0) is 10.8. The first-order valence-electron chi connectivity index (χ1n) is 4.90. The molecule has 0 aliphatic heterocycles. The van der Waals surface area contributed by atoms with E-state index in [9.17, 15) is 0 Å². The largest absolute Gasteiger partial charge is 0.316 e. The maximum Gasteiger partial charge on any atom is 0.147 e. The van der Waals surface area contributed by atoms with Gasteiger partial charge in [-0.3, -0.25) is 0 Å². The van der Waals surface area contributed by atoms with E-state index < -0.39 is 0 Å². The number of hydrogen-bond donors (Lipinski definition) is 0. The molecule has 0 fully saturated rings. The summed E-state index contributed by atoms with van der Waals surface area (Å²) in [6, 6.07) is 0. The van der Waals surface area contributed by atoms with E-state index in [1.165, 1.54) is 0 Å². The molecule has 1 aromatic heterocycles. The van der Waals surface area contributed by atoms with Crippen LogP contribution in [-0.4, -0.2) is 14.8 Å². The van der Waals surface area contributed by atoms with E-state index in [1.54, 1.807) is 6.33 Å². The average Bonchev–Trinajstić information content (AvgIpc) is 2.50. The molecule has 4 heteroatoms. The van der Waals surface area contributed by atoms with Crippen LogP contribution in [0, 0.1) is 11.3 Å². The van der Waals surface area contributed by atoms with E-state index in [4.69, 9.17) is 11.6 Å². The van der Waals surface area contributed by atoms with Crippen LogP contribution in [0.2, 0.25) is 0 Å². The molecule has 3 nitrogen and oxygen atoms in total. The van der Waals surface area contributed by atoms with Crippen LogP contribution in [0.3, 0.4) is 0 Å². The molecule has 0 unspecified atom stereocenters. The fraction of sp³-hybridized carbons (Fsp3) is 0.800. The Bertz CT molecular complexity index is 291. The monoisotopic (exact) mass is 215 g/mol. The van der Waals surface area contributed by atoms with Gasteiger partial charge in [0.05, 0.1) is 5.88 Å². The van der Waals surface area contributed by atoms with Crippen molar-refractivity contribution in [2.45, 2.75) is 40.1 Å². The summed E-state index contributed by atoms with van der Waals surface area (Å²) in [5.41, 5.74) is 0.239. The number of nitrogens with zero attached hydrogens (tertiary/aromatic N) is 3. The molecule has 14 heavy (non-hydrogen) atoms. The molecule has 0 aliphatic carbocycles. The fourth-order valence-corrected chi connectivity index (χ4v) is 1.34. The highest BCUT2D eigenvalue weighted by molar-refractivity contribution is 6.16. The number of hydrogen-bond acceptors (Lipinski definition) is 2. The molecule has 1 heterocycles. The lowest BCUT2D eigenvalue weighted by molar-refractivity contribution is 0.208. The molecule has 1 rings (SSSR count). The Morgan fingerprint density at radius 3 is 2.64 bits per heavy atom. The van der Waals surface area contributed by atoms with Crippen molar-refractivity contribution < 1.29 is 0 Å². The number of alkyl halides is 1. The minimum absolute atomic E-state index is 0.239. The van der Waals surface area contributed by atoms with Crippen molar-refractivity contribution in [3.63, 3.8) is 0 Å². The van der Waals surface area contributed by atoms with Crippen molar-refractivity contribution >= 4 is 11.6 Å². The summed E-state index contributed by atoms with van der Waals surface area (Å²) in [4.78, 5) is 0. The summed E-state index contributed by atoms with van der Waals surface area (Å²) in [6.45, 7) is 9.86. The second-order valence-corrected chi connectivity index (χ2v) is 4.92. The first kappa shape index (κ1) is 11.5. The molecule has 0 radical (unpaired) electrons. The predicted molar refractivity (Wildman–Crippen MR) is 58.2 cm³/mol. The van der Waals surface area contributed by atoms with Crippen molar-refractivity contribution in [1.82, 2.24) is 14.8 Å². The zero-order valence-electron chi connectivity index (χ0n) is 9.29. The van der Waals surface area contributed by atoms with Gasteiger partial charge in [0.25, 0.3) is 0 Å². The fourth-order valence-electron chi connectivity index (χ4n) is 1.14. The minimum atomic E-state index is 0.239. The molecule has 0 saturated carbocycles. The third-order valence-corrected chi connectivity index (χ3v) is 3.20. The van der Waals surface area contributed by atoms with Gasteiger partial charge in [0.2, 0.25) is 0 Å². The SMILES string of the molecule is CC(C)C(C)(C)Cn1cnnc1CCl. The number of aromatic nitrogens is 3. The summed E-state index contributed by atoms with van der Waals surface area (Å²) in [5.74, 6) is 1.89. The van der Waals surface area contributed by atoms with Crippen LogP contribution < -0.4 is 0 Å². The van der Waals surface area contributed by atoms with E-state index >= 15 is 0 Å². The maximum absolute atomic E-state index is 5.76. The van der Waals surface area contributed by atoms with Crippen LogP contribution >= 0.6 is 11.6 Å². The van der Waals surface area contributed by atoms with Crippen molar-refractivity contribution in [2.24, 2.45) is 11.3 Å². The molecule has 0 amide bonds. The lowest BCUT2D eigenvalue weighted by Crippen LogP contribution is -2.26. The Morgan fingerprint density at radius 1 is 1.50 bits per heavy atom. The molecule has 0 saturated heterocycles. The van der Waals surface area contributed by atoms with E-state index in [1.807, 2.05) is 4.57 Å². The zero-order valence-corrected chi connectivity index (χ0v) is 10.0. The lowest BCUT2D eigenvalue weighted by Gasteiger charge is -2.29. The molecule has 0 bridgehead atoms. The Kier molecular flexibility index (Phi) is 3.53. The average molecular weight is 216 g/mol. The summed E-state index contributed by atoms with van der Waals surface area (Å²) in [5, 5.41) is 7.82. The van der Waals surface area contributed by atoms with Gasteiger partial charge in [0.1, 0.15) is 12.2 Å². The van der Waals surface area contributed by atoms with Crippen molar-refractivity contribution in [3.05, 3.63) is 12.2 Å². The van der Waals surface area contributed by atoms with Crippen LogP contribution in [0.1, 0.15) is 33.5 Å². The van der Waals surface area contributed by atoms with E-state index in [2.05, 4.69) is 37.9 Å². The van der Waals surface area contributed by atoms with Gasteiger partial charge in [-0.15, -0.1) is 21.8 Å². The number of halogens is 1. The number of rotatable bonds is 4. The van der Waals surface area contributed by atoms with Crippen LogP contribution in [-0.2, 0) is 12.4 Å². The molecule has 0 aliphatic rings. The molecule has 80 valence electrons. The Balaban J connectivity index is 2.78. The van der Waals surface area contributed by atoms with Gasteiger partial charge in [0.15, 0.2) is 0 Å². The van der Waals surface area contributed by atoms with Gasteiger partial charge in [-0.2, -0.15) is 0 Å². The Hall–Kier alpha value is -0.570. The van der Waals surface area contributed by atoms with Gasteiger partial charge in [-0.1, -0.05) is 27.7 Å².